The summed E-state index contributed by atoms with van der Waals surface area (Å²) in [6.45, 7) is 2.36. The summed E-state index contributed by atoms with van der Waals surface area (Å²) >= 11 is 1.61. The third kappa shape index (κ3) is 3.46. The molecule has 2 heterocycles. The summed E-state index contributed by atoms with van der Waals surface area (Å²) in [5.41, 5.74) is 6.87. The maximum Gasteiger partial charge on any atom is 0.232 e. The second-order valence-electron chi connectivity index (χ2n) is 4.41. The van der Waals surface area contributed by atoms with Crippen molar-refractivity contribution in [3.8, 4) is 0 Å². The fourth-order valence-corrected chi connectivity index (χ4v) is 3.09. The number of amides is 1. The largest absolute Gasteiger partial charge is 0.342 e. The molecule has 1 aromatic rings. The van der Waals surface area contributed by atoms with Crippen LogP contribution in [0.3, 0.4) is 0 Å². The van der Waals surface area contributed by atoms with Gasteiger partial charge in [0.15, 0.2) is 0 Å². The fourth-order valence-electron chi connectivity index (χ4n) is 2.10. The van der Waals surface area contributed by atoms with Crippen LogP contribution in [-0.4, -0.2) is 41.2 Å². The molecule has 1 atom stereocenters. The first-order chi connectivity index (χ1) is 8.81. The molecule has 0 radical (unpaired) electrons. The first-order valence-electron chi connectivity index (χ1n) is 6.30. The number of carbonyl (C=O) groups excluding carboxylic acids is 1. The van der Waals surface area contributed by atoms with E-state index in [1.807, 2.05) is 23.2 Å². The number of likely N-dealkylation sites (tertiary alicyclic amines) is 1. The lowest BCUT2D eigenvalue weighted by molar-refractivity contribution is -0.127. The predicted octanol–water partition coefficient (Wildman–Crippen LogP) is 1.44. The van der Waals surface area contributed by atoms with Gasteiger partial charge in [-0.25, -0.2) is 0 Å². The zero-order valence-electron chi connectivity index (χ0n) is 10.4. The number of hydrogen-bond acceptors (Lipinski definition) is 4. The highest BCUT2D eigenvalue weighted by Crippen LogP contribution is 2.27. The summed E-state index contributed by atoms with van der Waals surface area (Å²) in [5.74, 6) is 0.747. The third-order valence-electron chi connectivity index (χ3n) is 3.14. The van der Waals surface area contributed by atoms with Crippen LogP contribution >= 0.6 is 11.8 Å². The van der Waals surface area contributed by atoms with Crippen molar-refractivity contribution in [3.05, 3.63) is 30.1 Å². The van der Waals surface area contributed by atoms with Gasteiger partial charge in [-0.05, 0) is 24.5 Å². The van der Waals surface area contributed by atoms with Gasteiger partial charge < -0.3 is 10.6 Å². The van der Waals surface area contributed by atoms with Crippen LogP contribution in [0.4, 0.5) is 0 Å². The Hall–Kier alpha value is -1.07. The van der Waals surface area contributed by atoms with Crippen molar-refractivity contribution in [1.29, 1.82) is 0 Å². The maximum atomic E-state index is 11.9. The van der Waals surface area contributed by atoms with Crippen LogP contribution in [0.25, 0.3) is 0 Å². The van der Waals surface area contributed by atoms with Crippen LogP contribution in [0, 0.1) is 0 Å². The quantitative estimate of drug-likeness (QED) is 0.875. The molecule has 4 nitrogen and oxygen atoms in total. The van der Waals surface area contributed by atoms with Crippen molar-refractivity contribution in [1.82, 2.24) is 9.88 Å². The van der Waals surface area contributed by atoms with Gasteiger partial charge in [-0.3, -0.25) is 9.78 Å². The molecule has 1 aliphatic rings. The highest BCUT2D eigenvalue weighted by atomic mass is 32.2. The minimum absolute atomic E-state index is 0.158. The molecule has 0 spiro atoms. The van der Waals surface area contributed by atoms with Gasteiger partial charge in [0.25, 0.3) is 0 Å². The summed E-state index contributed by atoms with van der Waals surface area (Å²) in [6.07, 6.45) is 5.85. The molecule has 18 heavy (non-hydrogen) atoms. The maximum absolute atomic E-state index is 11.9. The van der Waals surface area contributed by atoms with Crippen molar-refractivity contribution < 1.29 is 4.79 Å². The number of nitrogens with zero attached hydrogens (tertiary/aromatic N) is 2. The van der Waals surface area contributed by atoms with E-state index in [2.05, 4.69) is 4.98 Å². The fraction of sp³-hybridized carbons (Fsp3) is 0.538. The molecule has 1 saturated heterocycles. The standard InChI is InChI=1S/C13H19N3OS/c14-8-12(11-4-3-5-15-9-11)18-10-13(17)16-6-1-2-7-16/h3-5,9,12H,1-2,6-8,10,14H2. The van der Waals surface area contributed by atoms with Crippen LogP contribution in [0.5, 0.6) is 0 Å². The van der Waals surface area contributed by atoms with Crippen LogP contribution in [0.2, 0.25) is 0 Å². The van der Waals surface area contributed by atoms with E-state index in [0.29, 0.717) is 12.3 Å². The number of aromatic nitrogens is 1. The number of carbonyl (C=O) groups is 1. The monoisotopic (exact) mass is 265 g/mol. The van der Waals surface area contributed by atoms with E-state index in [1.54, 1.807) is 18.0 Å². The summed E-state index contributed by atoms with van der Waals surface area (Å²) in [6, 6.07) is 3.92. The normalized spacial score (nSPS) is 16.8. The topological polar surface area (TPSA) is 59.2 Å². The Kier molecular flexibility index (Phi) is 5.01. The van der Waals surface area contributed by atoms with E-state index < -0.39 is 0 Å². The highest BCUT2D eigenvalue weighted by Gasteiger charge is 2.19. The van der Waals surface area contributed by atoms with Gasteiger partial charge in [0, 0.05) is 37.3 Å². The van der Waals surface area contributed by atoms with E-state index >= 15 is 0 Å². The summed E-state index contributed by atoms with van der Waals surface area (Å²) in [5, 5.41) is 0.158. The van der Waals surface area contributed by atoms with Crippen molar-refractivity contribution in [2.75, 3.05) is 25.4 Å². The number of rotatable bonds is 5. The zero-order chi connectivity index (χ0) is 12.8. The molecule has 1 unspecified atom stereocenters. The Bertz CT molecular complexity index is 379. The van der Waals surface area contributed by atoms with Gasteiger partial charge in [-0.2, -0.15) is 0 Å². The molecular formula is C13H19N3OS. The second-order valence-corrected chi connectivity index (χ2v) is 5.60. The van der Waals surface area contributed by atoms with E-state index in [4.69, 9.17) is 5.73 Å². The molecular weight excluding hydrogens is 246 g/mol. The zero-order valence-corrected chi connectivity index (χ0v) is 11.2. The van der Waals surface area contributed by atoms with Gasteiger partial charge >= 0.3 is 0 Å². The minimum atomic E-state index is 0.158. The molecule has 0 aliphatic carbocycles. The average Bonchev–Trinajstić information content (AvgIpc) is 2.94. The minimum Gasteiger partial charge on any atom is -0.342 e. The smallest absolute Gasteiger partial charge is 0.232 e. The Morgan fingerprint density at radius 2 is 2.28 bits per heavy atom. The molecule has 0 saturated carbocycles. The van der Waals surface area contributed by atoms with Crippen molar-refractivity contribution in [3.63, 3.8) is 0 Å². The molecule has 1 fully saturated rings. The molecule has 2 rings (SSSR count). The van der Waals surface area contributed by atoms with Crippen molar-refractivity contribution in [2.24, 2.45) is 5.73 Å². The molecule has 1 aliphatic heterocycles. The molecule has 0 aromatic carbocycles. The lowest BCUT2D eigenvalue weighted by Gasteiger charge is -2.18. The van der Waals surface area contributed by atoms with Gasteiger partial charge in [0.1, 0.15) is 0 Å². The predicted molar refractivity (Wildman–Crippen MR) is 74.3 cm³/mol. The Labute approximate surface area is 112 Å². The van der Waals surface area contributed by atoms with Crippen LogP contribution in [-0.2, 0) is 4.79 Å². The highest BCUT2D eigenvalue weighted by molar-refractivity contribution is 8.00. The van der Waals surface area contributed by atoms with E-state index in [9.17, 15) is 4.79 Å². The average molecular weight is 265 g/mol. The van der Waals surface area contributed by atoms with Crippen molar-refractivity contribution in [2.45, 2.75) is 18.1 Å². The van der Waals surface area contributed by atoms with E-state index in [0.717, 1.165) is 31.5 Å². The molecule has 5 heteroatoms. The van der Waals surface area contributed by atoms with E-state index in [1.165, 1.54) is 0 Å². The molecule has 0 bridgehead atoms. The Morgan fingerprint density at radius 1 is 1.50 bits per heavy atom. The van der Waals surface area contributed by atoms with Gasteiger partial charge in [0.2, 0.25) is 5.91 Å². The van der Waals surface area contributed by atoms with E-state index in [-0.39, 0.29) is 11.2 Å². The Balaban J connectivity index is 1.85. The van der Waals surface area contributed by atoms with Crippen LogP contribution < -0.4 is 5.73 Å². The van der Waals surface area contributed by atoms with Crippen molar-refractivity contribution >= 4 is 17.7 Å². The number of nitrogens with two attached hydrogens (primary N) is 1. The second kappa shape index (κ2) is 6.75. The van der Waals surface area contributed by atoms with Gasteiger partial charge in [-0.15, -0.1) is 11.8 Å². The lowest BCUT2D eigenvalue weighted by Crippen LogP contribution is -2.29. The molecule has 2 N–H and O–H groups in total. The van der Waals surface area contributed by atoms with Crippen LogP contribution in [0.15, 0.2) is 24.5 Å². The lowest BCUT2D eigenvalue weighted by atomic mass is 10.2. The summed E-state index contributed by atoms with van der Waals surface area (Å²) in [4.78, 5) is 18.0. The Morgan fingerprint density at radius 3 is 2.89 bits per heavy atom. The number of thioether (sulfide) groups is 1. The molecule has 98 valence electrons. The number of pyridine rings is 1. The summed E-state index contributed by atoms with van der Waals surface area (Å²) in [7, 11) is 0. The molecule has 1 amide bonds. The van der Waals surface area contributed by atoms with Crippen LogP contribution in [0.1, 0.15) is 23.7 Å². The van der Waals surface area contributed by atoms with Gasteiger partial charge in [-0.1, -0.05) is 6.07 Å². The summed E-state index contributed by atoms with van der Waals surface area (Å²) < 4.78 is 0. The molecule has 1 aromatic heterocycles. The first kappa shape index (κ1) is 13.4. The number of hydrogen-bond donors (Lipinski definition) is 1. The third-order valence-corrected chi connectivity index (χ3v) is 4.42. The van der Waals surface area contributed by atoms with Gasteiger partial charge in [0.05, 0.1) is 5.75 Å². The SMILES string of the molecule is NCC(SCC(=O)N1CCCC1)c1cccnc1. The first-order valence-corrected chi connectivity index (χ1v) is 7.35.